The van der Waals surface area contributed by atoms with Crippen LogP contribution in [-0.2, 0) is 12.6 Å². The summed E-state index contributed by atoms with van der Waals surface area (Å²) in [6, 6.07) is 9.65. The minimum Gasteiger partial charge on any atom is -0.294 e. The van der Waals surface area contributed by atoms with Gasteiger partial charge in [0.25, 0.3) is 0 Å². The van der Waals surface area contributed by atoms with Crippen molar-refractivity contribution in [3.05, 3.63) is 69.2 Å². The summed E-state index contributed by atoms with van der Waals surface area (Å²) < 4.78 is 38.8. The predicted molar refractivity (Wildman–Crippen MR) is 115 cm³/mol. The maximum Gasteiger partial charge on any atom is 0.416 e. The molecule has 2 aromatic carbocycles. The van der Waals surface area contributed by atoms with Crippen LogP contribution >= 0.6 is 11.6 Å². The van der Waals surface area contributed by atoms with Crippen molar-refractivity contribution in [2.75, 3.05) is 0 Å². The topological polar surface area (TPSA) is 17.1 Å². The maximum atomic E-state index is 12.9. The van der Waals surface area contributed by atoms with E-state index in [1.54, 1.807) is 0 Å². The van der Waals surface area contributed by atoms with Crippen molar-refractivity contribution < 1.29 is 18.0 Å². The number of ketones is 1. The molecule has 0 unspecified atom stereocenters. The van der Waals surface area contributed by atoms with E-state index in [1.807, 2.05) is 0 Å². The smallest absolute Gasteiger partial charge is 0.294 e. The van der Waals surface area contributed by atoms with E-state index in [4.69, 9.17) is 11.6 Å². The molecule has 0 amide bonds. The molecular weight excluding hydrogens is 409 g/mol. The molecule has 0 heterocycles. The average Bonchev–Trinajstić information content (AvgIpc) is 2.66. The Morgan fingerprint density at radius 1 is 0.967 bits per heavy atom. The van der Waals surface area contributed by atoms with Crippen molar-refractivity contribution in [1.82, 2.24) is 0 Å². The Labute approximate surface area is 181 Å². The minimum absolute atomic E-state index is 0.0107. The lowest BCUT2D eigenvalue weighted by atomic mass is 9.77. The summed E-state index contributed by atoms with van der Waals surface area (Å²) in [5, 5.41) is 0.0927. The zero-order valence-corrected chi connectivity index (χ0v) is 18.2. The first-order valence-corrected chi connectivity index (χ1v) is 11.0. The summed E-state index contributed by atoms with van der Waals surface area (Å²) in [6.07, 6.45) is 2.02. The third-order valence-electron chi connectivity index (χ3n) is 6.16. The highest BCUT2D eigenvalue weighted by atomic mass is 35.5. The van der Waals surface area contributed by atoms with Crippen LogP contribution < -0.4 is 0 Å². The van der Waals surface area contributed by atoms with E-state index in [-0.39, 0.29) is 28.7 Å². The highest BCUT2D eigenvalue weighted by Crippen LogP contribution is 2.36. The van der Waals surface area contributed by atoms with Gasteiger partial charge in [-0.05, 0) is 75.1 Å². The average molecular weight is 437 g/mol. The Kier molecular flexibility index (Phi) is 7.28. The van der Waals surface area contributed by atoms with Gasteiger partial charge in [0.2, 0.25) is 0 Å². The number of Topliss-reactive ketones (excluding diaryl/α,β-unsaturated/α-hetero) is 1. The van der Waals surface area contributed by atoms with Crippen molar-refractivity contribution in [2.45, 2.75) is 65.0 Å². The van der Waals surface area contributed by atoms with Gasteiger partial charge in [-0.25, -0.2) is 0 Å². The normalized spacial score (nSPS) is 19.7. The number of benzene rings is 2. The molecule has 0 bridgehead atoms. The molecule has 1 aliphatic carbocycles. The first kappa shape index (κ1) is 22.9. The predicted octanol–water partition coefficient (Wildman–Crippen LogP) is 7.99. The molecule has 30 heavy (non-hydrogen) atoms. The Bertz CT molecular complexity index is 876. The van der Waals surface area contributed by atoms with Gasteiger partial charge < -0.3 is 0 Å². The number of rotatable bonds is 6. The molecule has 1 saturated carbocycles. The van der Waals surface area contributed by atoms with Crippen molar-refractivity contribution in [3.8, 4) is 0 Å². The SMILES string of the molecule is Cc1cc(C)cc(CCC2CCC(CC(=O)c3cc(C(F)(F)F)ccc3Cl)CC2)c1. The fourth-order valence-corrected chi connectivity index (χ4v) is 4.82. The van der Waals surface area contributed by atoms with E-state index in [2.05, 4.69) is 32.0 Å². The molecule has 2 aromatic rings. The molecule has 0 atom stereocenters. The van der Waals surface area contributed by atoms with E-state index in [0.717, 1.165) is 50.7 Å². The van der Waals surface area contributed by atoms with Gasteiger partial charge in [0.05, 0.1) is 10.6 Å². The van der Waals surface area contributed by atoms with Crippen LogP contribution in [-0.4, -0.2) is 5.78 Å². The van der Waals surface area contributed by atoms with E-state index in [1.165, 1.54) is 22.8 Å². The molecule has 0 radical (unpaired) electrons. The van der Waals surface area contributed by atoms with Crippen LogP contribution in [0.15, 0.2) is 36.4 Å². The molecule has 3 rings (SSSR count). The van der Waals surface area contributed by atoms with E-state index < -0.39 is 11.7 Å². The molecule has 1 fully saturated rings. The molecule has 0 saturated heterocycles. The summed E-state index contributed by atoms with van der Waals surface area (Å²) in [5.74, 6) is 0.583. The fourth-order valence-electron chi connectivity index (χ4n) is 4.60. The van der Waals surface area contributed by atoms with Gasteiger partial charge in [-0.15, -0.1) is 0 Å². The lowest BCUT2D eigenvalue weighted by Gasteiger charge is -2.28. The Balaban J connectivity index is 1.51. The zero-order chi connectivity index (χ0) is 21.9. The van der Waals surface area contributed by atoms with Crippen molar-refractivity contribution in [1.29, 1.82) is 0 Å². The van der Waals surface area contributed by atoms with Crippen molar-refractivity contribution in [2.24, 2.45) is 11.8 Å². The van der Waals surface area contributed by atoms with Crippen LogP contribution in [0.4, 0.5) is 13.2 Å². The standard InChI is InChI=1S/C25H28ClF3O/c1-16-11-17(2)13-20(12-16)8-5-18-3-6-19(7-4-18)14-24(30)22-15-21(25(27,28)29)9-10-23(22)26/h9-13,15,18-19H,3-8,14H2,1-2H3. The molecule has 1 aliphatic rings. The second-order valence-corrected chi connectivity index (χ2v) is 9.15. The Hall–Kier alpha value is -1.81. The summed E-state index contributed by atoms with van der Waals surface area (Å²) in [6.45, 7) is 4.24. The number of alkyl halides is 3. The first-order chi connectivity index (χ1) is 14.1. The highest BCUT2D eigenvalue weighted by molar-refractivity contribution is 6.34. The molecule has 0 aliphatic heterocycles. The zero-order valence-electron chi connectivity index (χ0n) is 17.5. The van der Waals surface area contributed by atoms with Crippen LogP contribution in [0, 0.1) is 25.7 Å². The van der Waals surface area contributed by atoms with Gasteiger partial charge in [-0.3, -0.25) is 4.79 Å². The molecule has 0 aromatic heterocycles. The van der Waals surface area contributed by atoms with Crippen molar-refractivity contribution in [3.63, 3.8) is 0 Å². The molecule has 0 spiro atoms. The number of halogens is 4. The van der Waals surface area contributed by atoms with Gasteiger partial charge >= 0.3 is 6.18 Å². The van der Waals surface area contributed by atoms with Crippen LogP contribution in [0.2, 0.25) is 5.02 Å². The minimum atomic E-state index is -4.48. The van der Waals surface area contributed by atoms with Gasteiger partial charge in [-0.1, -0.05) is 53.8 Å². The molecular formula is C25H28ClF3O. The second-order valence-electron chi connectivity index (χ2n) is 8.74. The summed E-state index contributed by atoms with van der Waals surface area (Å²) in [4.78, 5) is 12.6. The molecule has 162 valence electrons. The highest BCUT2D eigenvalue weighted by Gasteiger charge is 2.32. The van der Waals surface area contributed by atoms with Gasteiger partial charge in [0, 0.05) is 12.0 Å². The number of hydrogen-bond donors (Lipinski definition) is 0. The molecule has 5 heteroatoms. The van der Waals surface area contributed by atoms with Gasteiger partial charge in [0.15, 0.2) is 5.78 Å². The number of carbonyl (C=O) groups excluding carboxylic acids is 1. The number of aryl methyl sites for hydroxylation is 3. The van der Waals surface area contributed by atoms with Crippen LogP contribution in [0.1, 0.15) is 71.1 Å². The number of hydrogen-bond acceptors (Lipinski definition) is 1. The van der Waals surface area contributed by atoms with Crippen molar-refractivity contribution >= 4 is 17.4 Å². The van der Waals surface area contributed by atoms with Crippen LogP contribution in [0.5, 0.6) is 0 Å². The maximum absolute atomic E-state index is 12.9. The van der Waals surface area contributed by atoms with Crippen LogP contribution in [0.3, 0.4) is 0 Å². The Morgan fingerprint density at radius 2 is 1.57 bits per heavy atom. The third-order valence-corrected chi connectivity index (χ3v) is 6.49. The van der Waals surface area contributed by atoms with E-state index in [0.29, 0.717) is 5.92 Å². The summed E-state index contributed by atoms with van der Waals surface area (Å²) in [7, 11) is 0. The largest absolute Gasteiger partial charge is 0.416 e. The summed E-state index contributed by atoms with van der Waals surface area (Å²) >= 11 is 6.02. The van der Waals surface area contributed by atoms with E-state index >= 15 is 0 Å². The number of carbonyl (C=O) groups is 1. The monoisotopic (exact) mass is 436 g/mol. The van der Waals surface area contributed by atoms with E-state index in [9.17, 15) is 18.0 Å². The Morgan fingerprint density at radius 3 is 2.17 bits per heavy atom. The van der Waals surface area contributed by atoms with Crippen LogP contribution in [0.25, 0.3) is 0 Å². The summed E-state index contributed by atoms with van der Waals surface area (Å²) in [5.41, 5.74) is 3.12. The van der Waals surface area contributed by atoms with Gasteiger partial charge in [0.1, 0.15) is 0 Å². The second kappa shape index (κ2) is 9.55. The quantitative estimate of drug-likeness (QED) is 0.419. The molecule has 1 nitrogen and oxygen atoms in total. The lowest BCUT2D eigenvalue weighted by Crippen LogP contribution is -2.18. The fraction of sp³-hybridized carbons (Fsp3) is 0.480. The first-order valence-electron chi connectivity index (χ1n) is 10.6. The molecule has 0 N–H and O–H groups in total. The lowest BCUT2D eigenvalue weighted by molar-refractivity contribution is -0.137. The third kappa shape index (κ3) is 6.10. The van der Waals surface area contributed by atoms with Gasteiger partial charge in [-0.2, -0.15) is 13.2 Å².